The molecule has 1 rings (SSSR count). The molecule has 0 aliphatic heterocycles. The van der Waals surface area contributed by atoms with Crippen LogP contribution in [-0.2, 0) is 0 Å². The van der Waals surface area contributed by atoms with Gasteiger partial charge in [0.1, 0.15) is 11.4 Å². The van der Waals surface area contributed by atoms with Gasteiger partial charge in [-0.05, 0) is 38.1 Å². The average molecular weight is 266 g/mol. The Labute approximate surface area is 113 Å². The van der Waals surface area contributed by atoms with Crippen LogP contribution in [0.4, 0.5) is 4.39 Å². The second-order valence-corrected chi connectivity index (χ2v) is 6.08. The van der Waals surface area contributed by atoms with Crippen LogP contribution in [0.5, 0.6) is 0 Å². The van der Waals surface area contributed by atoms with E-state index in [1.165, 1.54) is 12.1 Å². The third-order valence-corrected chi connectivity index (χ3v) is 3.74. The Balaban J connectivity index is 2.61. The maximum Gasteiger partial charge on any atom is 0.124 e. The van der Waals surface area contributed by atoms with Crippen LogP contribution < -0.4 is 5.32 Å². The Hall–Kier alpha value is -1.05. The first-order valence-corrected chi connectivity index (χ1v) is 6.95. The summed E-state index contributed by atoms with van der Waals surface area (Å²) in [4.78, 5) is 0.902. The van der Waals surface area contributed by atoms with E-state index in [1.807, 2.05) is 19.9 Å². The monoisotopic (exact) mass is 266 g/mol. The van der Waals surface area contributed by atoms with Gasteiger partial charge < -0.3 is 0 Å². The highest BCUT2D eigenvalue weighted by atomic mass is 32.2. The molecule has 1 aromatic rings. The van der Waals surface area contributed by atoms with Crippen molar-refractivity contribution in [3.63, 3.8) is 0 Å². The zero-order valence-corrected chi connectivity index (χ0v) is 11.9. The predicted octanol–water partition coefficient (Wildman–Crippen LogP) is 3.59. The normalized spacial score (nSPS) is 15.7. The number of halogens is 1. The quantitative estimate of drug-likeness (QED) is 0.799. The zero-order valence-electron chi connectivity index (χ0n) is 11.0. The molecule has 1 aromatic carbocycles. The minimum Gasteiger partial charge on any atom is -0.300 e. The lowest BCUT2D eigenvalue weighted by molar-refractivity contribution is 0.429. The molecule has 1 N–H and O–H groups in total. The van der Waals surface area contributed by atoms with Crippen molar-refractivity contribution in [3.05, 3.63) is 30.1 Å². The van der Waals surface area contributed by atoms with E-state index in [0.717, 1.165) is 17.9 Å². The number of benzene rings is 1. The average Bonchev–Trinajstić information content (AvgIpc) is 2.29. The highest BCUT2D eigenvalue weighted by Gasteiger charge is 2.25. The molecule has 0 heterocycles. The van der Waals surface area contributed by atoms with Crippen LogP contribution in [-0.4, -0.2) is 17.3 Å². The first kappa shape index (κ1) is 15.0. The van der Waals surface area contributed by atoms with Crippen molar-refractivity contribution in [2.45, 2.75) is 42.9 Å². The van der Waals surface area contributed by atoms with Crippen LogP contribution in [0, 0.1) is 17.1 Å². The van der Waals surface area contributed by atoms with Crippen molar-refractivity contribution in [2.75, 3.05) is 6.54 Å². The predicted molar refractivity (Wildman–Crippen MR) is 74.0 cm³/mol. The Morgan fingerprint density at radius 1 is 1.56 bits per heavy atom. The van der Waals surface area contributed by atoms with E-state index in [9.17, 15) is 9.65 Å². The lowest BCUT2D eigenvalue weighted by Crippen LogP contribution is -2.42. The van der Waals surface area contributed by atoms with Crippen LogP contribution in [0.3, 0.4) is 0 Å². The van der Waals surface area contributed by atoms with Gasteiger partial charge in [-0.3, -0.25) is 5.32 Å². The first-order valence-electron chi connectivity index (χ1n) is 6.07. The van der Waals surface area contributed by atoms with Gasteiger partial charge in [-0.2, -0.15) is 5.26 Å². The summed E-state index contributed by atoms with van der Waals surface area (Å²) in [6, 6.07) is 8.87. The lowest BCUT2D eigenvalue weighted by Gasteiger charge is -2.25. The number of hydrogen-bond acceptors (Lipinski definition) is 3. The Kier molecular flexibility index (Phi) is 5.64. The van der Waals surface area contributed by atoms with Crippen molar-refractivity contribution in [1.82, 2.24) is 5.32 Å². The van der Waals surface area contributed by atoms with Crippen LogP contribution in [0.25, 0.3) is 0 Å². The Bertz CT molecular complexity index is 430. The maximum absolute atomic E-state index is 13.1. The van der Waals surface area contributed by atoms with E-state index in [0.29, 0.717) is 0 Å². The summed E-state index contributed by atoms with van der Waals surface area (Å²) in [6.07, 6.45) is 0.721. The van der Waals surface area contributed by atoms with Gasteiger partial charge in [0.25, 0.3) is 0 Å². The molecule has 2 unspecified atom stereocenters. The molecule has 0 spiro atoms. The van der Waals surface area contributed by atoms with E-state index >= 15 is 0 Å². The van der Waals surface area contributed by atoms with Gasteiger partial charge in [-0.25, -0.2) is 4.39 Å². The maximum atomic E-state index is 13.1. The second-order valence-electron chi connectivity index (χ2n) is 4.56. The third-order valence-electron chi connectivity index (χ3n) is 2.64. The van der Waals surface area contributed by atoms with Gasteiger partial charge in [0.2, 0.25) is 0 Å². The van der Waals surface area contributed by atoms with Gasteiger partial charge in [0.15, 0.2) is 0 Å². The van der Waals surface area contributed by atoms with Crippen molar-refractivity contribution in [3.8, 4) is 6.07 Å². The summed E-state index contributed by atoms with van der Waals surface area (Å²) in [5, 5.41) is 12.6. The molecule has 0 aliphatic rings. The van der Waals surface area contributed by atoms with Gasteiger partial charge >= 0.3 is 0 Å². The minimum atomic E-state index is -0.519. The number of hydrogen-bond donors (Lipinski definition) is 1. The molecule has 0 radical (unpaired) electrons. The molecule has 0 amide bonds. The zero-order chi connectivity index (χ0) is 13.6. The second kappa shape index (κ2) is 6.77. The molecule has 18 heavy (non-hydrogen) atoms. The fraction of sp³-hybridized carbons (Fsp3) is 0.500. The molecule has 98 valence electrons. The molecule has 4 heteroatoms. The van der Waals surface area contributed by atoms with E-state index in [-0.39, 0.29) is 11.1 Å². The molecule has 0 aliphatic carbocycles. The van der Waals surface area contributed by atoms with Crippen molar-refractivity contribution in [2.24, 2.45) is 0 Å². The van der Waals surface area contributed by atoms with Gasteiger partial charge in [0.05, 0.1) is 6.07 Å². The van der Waals surface area contributed by atoms with Crippen molar-refractivity contribution in [1.29, 1.82) is 5.26 Å². The summed E-state index contributed by atoms with van der Waals surface area (Å²) >= 11 is 1.59. The molecule has 2 atom stereocenters. The molecular formula is C14H19FN2S. The Morgan fingerprint density at radius 2 is 2.28 bits per heavy atom. The summed E-state index contributed by atoms with van der Waals surface area (Å²) < 4.78 is 13.1. The highest BCUT2D eigenvalue weighted by molar-refractivity contribution is 7.99. The van der Waals surface area contributed by atoms with Crippen LogP contribution in [0.2, 0.25) is 0 Å². The van der Waals surface area contributed by atoms with Gasteiger partial charge in [0, 0.05) is 10.1 Å². The first-order chi connectivity index (χ1) is 8.49. The molecule has 0 bridgehead atoms. The topological polar surface area (TPSA) is 35.8 Å². The fourth-order valence-electron chi connectivity index (χ4n) is 1.94. The number of nitriles is 1. The highest BCUT2D eigenvalue weighted by Crippen LogP contribution is 2.28. The molecule has 0 fully saturated rings. The van der Waals surface area contributed by atoms with Crippen LogP contribution in [0.15, 0.2) is 29.2 Å². The lowest BCUT2D eigenvalue weighted by atomic mass is 9.98. The van der Waals surface area contributed by atoms with Gasteiger partial charge in [-0.15, -0.1) is 11.8 Å². The smallest absolute Gasteiger partial charge is 0.124 e. The fourth-order valence-corrected chi connectivity index (χ4v) is 3.16. The molecule has 0 saturated heterocycles. The van der Waals surface area contributed by atoms with Crippen LogP contribution in [0.1, 0.15) is 27.2 Å². The van der Waals surface area contributed by atoms with Crippen molar-refractivity contribution >= 4 is 11.8 Å². The van der Waals surface area contributed by atoms with Crippen LogP contribution >= 0.6 is 11.8 Å². The molecule has 0 aromatic heterocycles. The Morgan fingerprint density at radius 3 is 2.83 bits per heavy atom. The van der Waals surface area contributed by atoms with E-state index in [2.05, 4.69) is 18.3 Å². The summed E-state index contributed by atoms with van der Waals surface area (Å²) in [6.45, 7) is 6.71. The molecule has 0 saturated carbocycles. The summed E-state index contributed by atoms with van der Waals surface area (Å²) in [5.74, 6) is -0.220. The van der Waals surface area contributed by atoms with E-state index in [1.54, 1.807) is 17.8 Å². The molecular weight excluding hydrogens is 247 g/mol. The largest absolute Gasteiger partial charge is 0.300 e. The number of nitrogens with zero attached hydrogens (tertiary/aromatic N) is 1. The van der Waals surface area contributed by atoms with E-state index < -0.39 is 5.54 Å². The third kappa shape index (κ3) is 4.67. The number of nitrogens with one attached hydrogen (secondary N) is 1. The standard InChI is InChI=1S/C14H19FN2S/c1-4-17-14(3,10-16)9-11(2)18-13-7-5-6-12(15)8-13/h5-8,11,17H,4,9H2,1-3H3. The van der Waals surface area contributed by atoms with E-state index in [4.69, 9.17) is 0 Å². The number of thioether (sulfide) groups is 1. The molecule has 2 nitrogen and oxygen atoms in total. The SMILES string of the molecule is CCNC(C)(C#N)CC(C)Sc1cccc(F)c1. The number of rotatable bonds is 6. The summed E-state index contributed by atoms with van der Waals surface area (Å²) in [5.41, 5.74) is -0.519. The van der Waals surface area contributed by atoms with Crippen molar-refractivity contribution < 1.29 is 4.39 Å². The minimum absolute atomic E-state index is 0.220. The summed E-state index contributed by atoms with van der Waals surface area (Å²) in [7, 11) is 0. The van der Waals surface area contributed by atoms with Gasteiger partial charge in [-0.1, -0.05) is 19.9 Å².